The maximum atomic E-state index is 14.5. The highest BCUT2D eigenvalue weighted by Crippen LogP contribution is 2.43. The van der Waals surface area contributed by atoms with Crippen LogP contribution < -0.4 is 16.0 Å². The fourth-order valence-corrected chi connectivity index (χ4v) is 6.93. The quantitative estimate of drug-likeness (QED) is 0.174. The van der Waals surface area contributed by atoms with Gasteiger partial charge in [0.2, 0.25) is 23.5 Å². The van der Waals surface area contributed by atoms with Crippen molar-refractivity contribution in [2.24, 2.45) is 35.0 Å². The lowest BCUT2D eigenvalue weighted by molar-refractivity contribution is -0.146. The Kier molecular flexibility index (Phi) is 14.0. The van der Waals surface area contributed by atoms with E-state index in [2.05, 4.69) is 25.9 Å². The molecule has 49 heavy (non-hydrogen) atoms. The number of carbonyl (C=O) groups is 6. The minimum Gasteiger partial charge on any atom is -0.347 e. The van der Waals surface area contributed by atoms with Gasteiger partial charge < -0.3 is 20.9 Å². The summed E-state index contributed by atoms with van der Waals surface area (Å²) in [5.74, 6) is -3.69. The Bertz CT molecular complexity index is 1340. The third kappa shape index (κ3) is 9.94. The Hall–Kier alpha value is -3.70. The number of fused-ring (bicyclic) bond motifs is 1. The minimum absolute atomic E-state index is 0.0835. The lowest BCUT2D eigenvalue weighted by atomic mass is 9.82. The van der Waals surface area contributed by atoms with Gasteiger partial charge in [0.1, 0.15) is 17.8 Å². The first-order valence-electron chi connectivity index (χ1n) is 18.1. The molecule has 272 valence electrons. The maximum Gasteiger partial charge on any atom is 0.289 e. The van der Waals surface area contributed by atoms with E-state index in [4.69, 9.17) is 0 Å². The Morgan fingerprint density at radius 3 is 2.22 bits per heavy atom. The summed E-state index contributed by atoms with van der Waals surface area (Å²) in [6.07, 6.45) is 8.26. The fraction of sp³-hybridized carbons (Fsp3) is 0.730. The molecule has 2 heterocycles. The number of likely N-dealkylation sites (tertiary alicyclic amines) is 1. The van der Waals surface area contributed by atoms with Crippen LogP contribution in [0.1, 0.15) is 118 Å². The molecule has 8 atom stereocenters. The van der Waals surface area contributed by atoms with E-state index in [1.807, 2.05) is 62.3 Å². The van der Waals surface area contributed by atoms with E-state index in [1.54, 1.807) is 4.90 Å². The van der Waals surface area contributed by atoms with Gasteiger partial charge in [-0.05, 0) is 55.3 Å². The van der Waals surface area contributed by atoms with Gasteiger partial charge in [0, 0.05) is 37.3 Å². The van der Waals surface area contributed by atoms with Gasteiger partial charge in [0.25, 0.3) is 5.91 Å². The topological polar surface area (TPSA) is 168 Å². The SMILES string of the molecule is CCC[C@H](NC(=O)[C@@H]1[C@H]2CCC[C@H]2CN1C(=O)[C@@H](NC(=O)[C@@H](CC(=O)c1cnccn1)[C@@H](C)CC)C(C)(C)C)C(=O)C(=O)N[C@@H](C)C(C)C. The van der Waals surface area contributed by atoms with Crippen molar-refractivity contribution in [2.75, 3.05) is 6.54 Å². The average molecular weight is 683 g/mol. The molecule has 0 unspecified atom stereocenters. The van der Waals surface area contributed by atoms with Gasteiger partial charge in [-0.2, -0.15) is 0 Å². The first-order chi connectivity index (χ1) is 23.0. The van der Waals surface area contributed by atoms with Crippen molar-refractivity contribution in [1.29, 1.82) is 0 Å². The predicted molar refractivity (Wildman–Crippen MR) is 186 cm³/mol. The highest BCUT2D eigenvalue weighted by atomic mass is 16.2. The molecule has 0 aromatic carbocycles. The number of aromatic nitrogens is 2. The Balaban J connectivity index is 1.86. The van der Waals surface area contributed by atoms with E-state index in [9.17, 15) is 28.8 Å². The van der Waals surface area contributed by atoms with Gasteiger partial charge in [0.05, 0.1) is 12.2 Å². The summed E-state index contributed by atoms with van der Waals surface area (Å²) < 4.78 is 0. The molecule has 2 aliphatic rings. The van der Waals surface area contributed by atoms with Gasteiger partial charge >= 0.3 is 0 Å². The molecule has 0 bridgehead atoms. The second kappa shape index (κ2) is 17.3. The molecular weight excluding hydrogens is 624 g/mol. The van der Waals surface area contributed by atoms with E-state index in [1.165, 1.54) is 18.6 Å². The molecule has 1 saturated carbocycles. The number of hydrogen-bond donors (Lipinski definition) is 3. The highest BCUT2D eigenvalue weighted by Gasteiger charge is 2.52. The van der Waals surface area contributed by atoms with Crippen molar-refractivity contribution in [3.05, 3.63) is 24.3 Å². The normalized spacial score (nSPS) is 22.0. The van der Waals surface area contributed by atoms with Crippen LogP contribution in [0.4, 0.5) is 0 Å². The molecule has 0 spiro atoms. The molecule has 1 aliphatic carbocycles. The first-order valence-corrected chi connectivity index (χ1v) is 18.1. The Morgan fingerprint density at radius 2 is 1.65 bits per heavy atom. The van der Waals surface area contributed by atoms with Gasteiger partial charge in [-0.1, -0.05) is 74.7 Å². The van der Waals surface area contributed by atoms with E-state index in [0.29, 0.717) is 19.4 Å². The summed E-state index contributed by atoms with van der Waals surface area (Å²) in [4.78, 5) is 91.5. The van der Waals surface area contributed by atoms with Crippen LogP contribution >= 0.6 is 0 Å². The van der Waals surface area contributed by atoms with Crippen LogP contribution in [-0.4, -0.2) is 80.8 Å². The number of amides is 4. The molecule has 4 amide bonds. The molecule has 1 aromatic rings. The second-order valence-corrected chi connectivity index (χ2v) is 15.5. The second-order valence-electron chi connectivity index (χ2n) is 15.5. The van der Waals surface area contributed by atoms with Crippen molar-refractivity contribution >= 4 is 35.2 Å². The molecule has 1 saturated heterocycles. The number of nitrogens with zero attached hydrogens (tertiary/aromatic N) is 3. The van der Waals surface area contributed by atoms with Gasteiger partial charge in [-0.3, -0.25) is 33.8 Å². The summed E-state index contributed by atoms with van der Waals surface area (Å²) in [5.41, 5.74) is -0.553. The van der Waals surface area contributed by atoms with Crippen molar-refractivity contribution in [3.8, 4) is 0 Å². The van der Waals surface area contributed by atoms with Crippen molar-refractivity contribution < 1.29 is 28.8 Å². The van der Waals surface area contributed by atoms with Crippen LogP contribution in [0.2, 0.25) is 0 Å². The van der Waals surface area contributed by atoms with E-state index in [0.717, 1.165) is 19.3 Å². The summed E-state index contributed by atoms with van der Waals surface area (Å²) in [6, 6.07) is -3.06. The Morgan fingerprint density at radius 1 is 0.959 bits per heavy atom. The van der Waals surface area contributed by atoms with E-state index in [-0.39, 0.29) is 59.9 Å². The molecule has 12 nitrogen and oxygen atoms in total. The lowest BCUT2D eigenvalue weighted by Crippen LogP contribution is -2.60. The van der Waals surface area contributed by atoms with Crippen LogP contribution in [0.15, 0.2) is 18.6 Å². The fourth-order valence-electron chi connectivity index (χ4n) is 6.93. The summed E-state index contributed by atoms with van der Waals surface area (Å²) in [5, 5.41) is 8.60. The van der Waals surface area contributed by atoms with E-state index >= 15 is 0 Å². The highest BCUT2D eigenvalue weighted by molar-refractivity contribution is 6.38. The number of Topliss-reactive ketones (excluding diaryl/α,β-unsaturated/α-hetero) is 2. The minimum atomic E-state index is -1.02. The molecule has 3 N–H and O–H groups in total. The smallest absolute Gasteiger partial charge is 0.289 e. The third-order valence-electron chi connectivity index (χ3n) is 10.6. The van der Waals surface area contributed by atoms with Crippen LogP contribution in [-0.2, 0) is 24.0 Å². The molecule has 1 aliphatic heterocycles. The number of nitrogens with one attached hydrogen (secondary N) is 3. The van der Waals surface area contributed by atoms with Crippen molar-refractivity contribution in [3.63, 3.8) is 0 Å². The molecular formula is C37H58N6O6. The van der Waals surface area contributed by atoms with Crippen LogP contribution in [0.5, 0.6) is 0 Å². The lowest BCUT2D eigenvalue weighted by Gasteiger charge is -2.37. The zero-order valence-electron chi connectivity index (χ0n) is 30.9. The standard InChI is InChI=1S/C37H58N6O6/c1-10-13-27(31(45)35(48)40-23(6)21(3)4)41-34(47)30-25-15-12-14-24(25)20-43(30)36(49)32(37(7,8)9)42-33(46)26(22(5)11-2)18-29(44)28-19-38-16-17-39-28/h16-17,19,21-27,30,32H,10-15,18,20H2,1-9H3,(H,40,48)(H,41,47)(H,42,46)/t22-,23-,24-,25-,26-,27-,30-,32+/m0/s1. The van der Waals surface area contributed by atoms with Crippen LogP contribution in [0.25, 0.3) is 0 Å². The van der Waals surface area contributed by atoms with Crippen LogP contribution in [0, 0.1) is 35.0 Å². The number of rotatable bonds is 16. The van der Waals surface area contributed by atoms with E-state index < -0.39 is 53.0 Å². The molecule has 2 fully saturated rings. The number of carbonyl (C=O) groups excluding carboxylic acids is 6. The molecule has 3 rings (SSSR count). The van der Waals surface area contributed by atoms with Crippen molar-refractivity contribution in [1.82, 2.24) is 30.8 Å². The van der Waals surface area contributed by atoms with Gasteiger partial charge in [-0.25, -0.2) is 4.98 Å². The zero-order chi connectivity index (χ0) is 36.6. The first kappa shape index (κ1) is 39.7. The van der Waals surface area contributed by atoms with Crippen molar-refractivity contribution in [2.45, 2.75) is 131 Å². The number of ketones is 2. The Labute approximate surface area is 291 Å². The third-order valence-corrected chi connectivity index (χ3v) is 10.6. The summed E-state index contributed by atoms with van der Waals surface area (Å²) in [6.45, 7) is 17.4. The maximum absolute atomic E-state index is 14.5. The largest absolute Gasteiger partial charge is 0.347 e. The van der Waals surface area contributed by atoms with Crippen LogP contribution in [0.3, 0.4) is 0 Å². The van der Waals surface area contributed by atoms with Gasteiger partial charge in [0.15, 0.2) is 5.78 Å². The molecule has 0 radical (unpaired) electrons. The zero-order valence-corrected chi connectivity index (χ0v) is 30.9. The predicted octanol–water partition coefficient (Wildman–Crippen LogP) is 3.88. The summed E-state index contributed by atoms with van der Waals surface area (Å²) >= 11 is 0. The monoisotopic (exact) mass is 682 g/mol. The van der Waals surface area contributed by atoms with Gasteiger partial charge in [-0.15, -0.1) is 0 Å². The summed E-state index contributed by atoms with van der Waals surface area (Å²) in [7, 11) is 0. The average Bonchev–Trinajstić information content (AvgIpc) is 3.66. The molecule has 12 heteroatoms. The molecule has 1 aromatic heterocycles. The number of hydrogen-bond acceptors (Lipinski definition) is 8.